The van der Waals surface area contributed by atoms with Crippen LogP contribution in [0.2, 0.25) is 0 Å². The molecule has 0 bridgehead atoms. The molecule has 1 fully saturated rings. The zero-order chi connectivity index (χ0) is 11.9. The number of nitrogens with zero attached hydrogens (tertiary/aromatic N) is 1. The fraction of sp³-hybridized carbons (Fsp3) is 0.455. The first kappa shape index (κ1) is 11.8. The van der Waals surface area contributed by atoms with E-state index in [4.69, 9.17) is 0 Å². The largest absolute Gasteiger partial charge is 0.325 e. The van der Waals surface area contributed by atoms with E-state index in [1.54, 1.807) is 11.0 Å². The van der Waals surface area contributed by atoms with Gasteiger partial charge in [-0.1, -0.05) is 0 Å². The van der Waals surface area contributed by atoms with Crippen molar-refractivity contribution < 1.29 is 9.59 Å². The maximum absolute atomic E-state index is 12.2. The molecule has 1 saturated heterocycles. The van der Waals surface area contributed by atoms with Crippen molar-refractivity contribution in [1.29, 1.82) is 0 Å². The maximum Gasteiger partial charge on any atom is 0.264 e. The zero-order valence-electron chi connectivity index (χ0n) is 9.12. The van der Waals surface area contributed by atoms with Gasteiger partial charge in [0.1, 0.15) is 0 Å². The number of carbonyl (C=O) groups excluding carboxylic acids is 2. The fourth-order valence-electron chi connectivity index (χ4n) is 1.93. The van der Waals surface area contributed by atoms with Crippen molar-refractivity contribution in [3.63, 3.8) is 0 Å². The Morgan fingerprint density at radius 3 is 2.62 bits per heavy atom. The lowest BCUT2D eigenvalue weighted by Gasteiger charge is -2.30. The van der Waals surface area contributed by atoms with Gasteiger partial charge in [0.05, 0.1) is 15.2 Å². The van der Waals surface area contributed by atoms with Gasteiger partial charge in [0.25, 0.3) is 5.91 Å². The standard InChI is InChI=1S/C11H12BrNO2S/c1-11(2)5-7(14)6-13(11)10(15)8-3-4-9(12)16-8/h3-4H,5-6H2,1-2H3. The van der Waals surface area contributed by atoms with Crippen LogP contribution in [-0.4, -0.2) is 28.7 Å². The molecule has 0 unspecified atom stereocenters. The van der Waals surface area contributed by atoms with E-state index in [0.717, 1.165) is 3.79 Å². The van der Waals surface area contributed by atoms with Crippen LogP contribution in [0.25, 0.3) is 0 Å². The van der Waals surface area contributed by atoms with E-state index in [-0.39, 0.29) is 23.8 Å². The van der Waals surface area contributed by atoms with E-state index in [2.05, 4.69) is 15.9 Å². The van der Waals surface area contributed by atoms with Gasteiger partial charge in [-0.3, -0.25) is 9.59 Å². The molecule has 1 aliphatic rings. The molecule has 2 rings (SSSR count). The molecule has 2 heterocycles. The molecular weight excluding hydrogens is 290 g/mol. The molecule has 3 nitrogen and oxygen atoms in total. The third kappa shape index (κ3) is 2.06. The predicted octanol–water partition coefficient (Wildman–Crippen LogP) is 2.70. The van der Waals surface area contributed by atoms with E-state index in [1.807, 2.05) is 19.9 Å². The molecule has 0 aliphatic carbocycles. The van der Waals surface area contributed by atoms with Crippen LogP contribution in [0.5, 0.6) is 0 Å². The maximum atomic E-state index is 12.2. The Hall–Kier alpha value is -0.680. The van der Waals surface area contributed by atoms with Crippen LogP contribution in [-0.2, 0) is 4.79 Å². The van der Waals surface area contributed by atoms with Gasteiger partial charge in [0, 0.05) is 12.0 Å². The van der Waals surface area contributed by atoms with Gasteiger partial charge < -0.3 is 4.90 Å². The number of thiophene rings is 1. The summed E-state index contributed by atoms with van der Waals surface area (Å²) in [5.41, 5.74) is -0.357. The smallest absolute Gasteiger partial charge is 0.264 e. The van der Waals surface area contributed by atoms with Crippen molar-refractivity contribution in [2.24, 2.45) is 0 Å². The van der Waals surface area contributed by atoms with Gasteiger partial charge in [-0.05, 0) is 41.9 Å². The van der Waals surface area contributed by atoms with Gasteiger partial charge >= 0.3 is 0 Å². The lowest BCUT2D eigenvalue weighted by molar-refractivity contribution is -0.116. The average molecular weight is 302 g/mol. The Morgan fingerprint density at radius 2 is 2.19 bits per heavy atom. The average Bonchev–Trinajstić information content (AvgIpc) is 2.69. The third-order valence-electron chi connectivity index (χ3n) is 2.72. The first-order valence-electron chi connectivity index (χ1n) is 4.99. The number of carbonyl (C=O) groups is 2. The summed E-state index contributed by atoms with van der Waals surface area (Å²) < 4.78 is 0.930. The Balaban J connectivity index is 2.26. The number of Topliss-reactive ketones (excluding diaryl/α,β-unsaturated/α-hetero) is 1. The molecule has 5 heteroatoms. The van der Waals surface area contributed by atoms with Crippen LogP contribution in [0.15, 0.2) is 15.9 Å². The lowest BCUT2D eigenvalue weighted by atomic mass is 10.0. The third-order valence-corrected chi connectivity index (χ3v) is 4.34. The highest BCUT2D eigenvalue weighted by Gasteiger charge is 2.40. The Morgan fingerprint density at radius 1 is 1.50 bits per heavy atom. The van der Waals surface area contributed by atoms with Crippen molar-refractivity contribution >= 4 is 39.0 Å². The number of ketones is 1. The molecule has 0 radical (unpaired) electrons. The van der Waals surface area contributed by atoms with E-state index in [9.17, 15) is 9.59 Å². The molecule has 86 valence electrons. The highest BCUT2D eigenvalue weighted by molar-refractivity contribution is 9.11. The number of hydrogen-bond donors (Lipinski definition) is 0. The second-order valence-electron chi connectivity index (χ2n) is 4.52. The van der Waals surface area contributed by atoms with Crippen LogP contribution in [0, 0.1) is 0 Å². The molecule has 0 atom stereocenters. The van der Waals surface area contributed by atoms with Crippen molar-refractivity contribution in [2.75, 3.05) is 6.54 Å². The van der Waals surface area contributed by atoms with Crippen molar-refractivity contribution in [3.05, 3.63) is 20.8 Å². The van der Waals surface area contributed by atoms with Crippen LogP contribution >= 0.6 is 27.3 Å². The van der Waals surface area contributed by atoms with Crippen molar-refractivity contribution in [3.8, 4) is 0 Å². The van der Waals surface area contributed by atoms with Gasteiger partial charge in [-0.25, -0.2) is 0 Å². The van der Waals surface area contributed by atoms with Gasteiger partial charge in [0.15, 0.2) is 5.78 Å². The van der Waals surface area contributed by atoms with Crippen LogP contribution in [0.3, 0.4) is 0 Å². The second-order valence-corrected chi connectivity index (χ2v) is 6.99. The van der Waals surface area contributed by atoms with Crippen LogP contribution in [0.1, 0.15) is 29.9 Å². The summed E-state index contributed by atoms with van der Waals surface area (Å²) in [6.07, 6.45) is 0.450. The lowest BCUT2D eigenvalue weighted by Crippen LogP contribution is -2.42. The number of halogens is 1. The quantitative estimate of drug-likeness (QED) is 0.800. The number of likely N-dealkylation sites (tertiary alicyclic amines) is 1. The Kier molecular flexibility index (Phi) is 2.92. The molecule has 1 amide bonds. The summed E-state index contributed by atoms with van der Waals surface area (Å²) in [5.74, 6) is 0.0838. The molecule has 1 aromatic rings. The SMILES string of the molecule is CC1(C)CC(=O)CN1C(=O)c1ccc(Br)s1. The summed E-state index contributed by atoms with van der Waals surface area (Å²) in [6.45, 7) is 4.10. The summed E-state index contributed by atoms with van der Waals surface area (Å²) >= 11 is 4.73. The molecule has 0 saturated carbocycles. The summed E-state index contributed by atoms with van der Waals surface area (Å²) in [6, 6.07) is 3.64. The van der Waals surface area contributed by atoms with Gasteiger partial charge in [-0.15, -0.1) is 11.3 Å². The van der Waals surface area contributed by atoms with Crippen LogP contribution in [0.4, 0.5) is 0 Å². The van der Waals surface area contributed by atoms with Crippen molar-refractivity contribution in [1.82, 2.24) is 4.90 Å². The molecule has 1 aliphatic heterocycles. The van der Waals surface area contributed by atoms with E-state index in [1.165, 1.54) is 11.3 Å². The van der Waals surface area contributed by atoms with Gasteiger partial charge in [0.2, 0.25) is 0 Å². The normalized spacial score (nSPS) is 19.2. The zero-order valence-corrected chi connectivity index (χ0v) is 11.5. The molecule has 0 aromatic carbocycles. The van der Waals surface area contributed by atoms with Crippen molar-refractivity contribution in [2.45, 2.75) is 25.8 Å². The van der Waals surface area contributed by atoms with E-state index >= 15 is 0 Å². The van der Waals surface area contributed by atoms with E-state index in [0.29, 0.717) is 11.3 Å². The highest BCUT2D eigenvalue weighted by Crippen LogP contribution is 2.30. The monoisotopic (exact) mass is 301 g/mol. The topological polar surface area (TPSA) is 37.4 Å². The number of rotatable bonds is 1. The molecule has 16 heavy (non-hydrogen) atoms. The number of hydrogen-bond acceptors (Lipinski definition) is 3. The first-order chi connectivity index (χ1) is 7.40. The summed E-state index contributed by atoms with van der Waals surface area (Å²) in [7, 11) is 0. The molecule has 0 N–H and O–H groups in total. The minimum Gasteiger partial charge on any atom is -0.325 e. The fourth-order valence-corrected chi connectivity index (χ4v) is 3.27. The summed E-state index contributed by atoms with van der Waals surface area (Å²) in [5, 5.41) is 0. The summed E-state index contributed by atoms with van der Waals surface area (Å²) in [4.78, 5) is 25.9. The molecule has 0 spiro atoms. The predicted molar refractivity (Wildman–Crippen MR) is 66.8 cm³/mol. The highest BCUT2D eigenvalue weighted by atomic mass is 79.9. The minimum absolute atomic E-state index is 0.0495. The minimum atomic E-state index is -0.357. The number of amides is 1. The first-order valence-corrected chi connectivity index (χ1v) is 6.60. The Bertz CT molecular complexity index is 453. The molecular formula is C11H12BrNO2S. The second kappa shape index (κ2) is 3.96. The molecule has 1 aromatic heterocycles. The Labute approximate surface area is 107 Å². The van der Waals surface area contributed by atoms with E-state index < -0.39 is 0 Å². The van der Waals surface area contributed by atoms with Gasteiger partial charge in [-0.2, -0.15) is 0 Å². The van der Waals surface area contributed by atoms with Crippen LogP contribution < -0.4 is 0 Å².